The van der Waals surface area contributed by atoms with Crippen molar-refractivity contribution in [2.24, 2.45) is 0 Å². The predicted octanol–water partition coefficient (Wildman–Crippen LogP) is 3.24. The summed E-state index contributed by atoms with van der Waals surface area (Å²) in [5.74, 6) is 1.32. The van der Waals surface area contributed by atoms with Gasteiger partial charge in [0.1, 0.15) is 15.2 Å². The Balaban J connectivity index is 2.70. The third kappa shape index (κ3) is 2.36. The Hall–Kier alpha value is -1.11. The van der Waals surface area contributed by atoms with Crippen LogP contribution in [-0.4, -0.2) is 9.97 Å². The van der Waals surface area contributed by atoms with Gasteiger partial charge in [-0.2, -0.15) is 0 Å². The van der Waals surface area contributed by atoms with E-state index < -0.39 is 0 Å². The maximum absolute atomic E-state index is 12.0. The fourth-order valence-electron chi connectivity index (χ4n) is 1.71. The van der Waals surface area contributed by atoms with Crippen molar-refractivity contribution in [2.75, 3.05) is 0 Å². The van der Waals surface area contributed by atoms with E-state index in [1.807, 2.05) is 56.4 Å². The van der Waals surface area contributed by atoms with Crippen LogP contribution in [0.4, 0.5) is 0 Å². The Labute approximate surface area is 119 Å². The van der Waals surface area contributed by atoms with Crippen molar-refractivity contribution in [1.29, 1.82) is 0 Å². The van der Waals surface area contributed by atoms with Gasteiger partial charge in [-0.15, -0.1) is 0 Å². The first kappa shape index (κ1) is 13.3. The number of H-pyrrole nitrogens is 1. The van der Waals surface area contributed by atoms with Gasteiger partial charge in [-0.1, -0.05) is 20.8 Å². The van der Waals surface area contributed by atoms with Gasteiger partial charge >= 0.3 is 0 Å². The molecule has 0 spiro atoms. The van der Waals surface area contributed by atoms with Gasteiger partial charge in [0.15, 0.2) is 0 Å². The molecule has 5 heteroatoms. The van der Waals surface area contributed by atoms with Crippen molar-refractivity contribution in [3.05, 3.63) is 37.7 Å². The van der Waals surface area contributed by atoms with Crippen LogP contribution in [0.2, 0.25) is 0 Å². The smallest absolute Gasteiger partial charge is 0.264 e. The van der Waals surface area contributed by atoms with Crippen LogP contribution in [0.3, 0.4) is 0 Å². The molecule has 18 heavy (non-hydrogen) atoms. The van der Waals surface area contributed by atoms with Crippen molar-refractivity contribution in [3.8, 4) is 11.4 Å². The minimum absolute atomic E-state index is 0.105. The van der Waals surface area contributed by atoms with E-state index in [0.29, 0.717) is 9.39 Å². The Kier molecular flexibility index (Phi) is 3.35. The number of furan rings is 1. The second-order valence-electron chi connectivity index (χ2n) is 5.22. The van der Waals surface area contributed by atoms with Crippen LogP contribution in [0.1, 0.15) is 32.2 Å². The lowest BCUT2D eigenvalue weighted by Gasteiger charge is -2.19. The summed E-state index contributed by atoms with van der Waals surface area (Å²) in [6.45, 7) is 7.98. The molecule has 1 N–H and O–H groups in total. The highest BCUT2D eigenvalue weighted by molar-refractivity contribution is 14.1. The molecule has 4 nitrogen and oxygen atoms in total. The molecule has 0 saturated carbocycles. The van der Waals surface area contributed by atoms with Crippen LogP contribution in [-0.2, 0) is 5.41 Å². The molecule has 0 aromatic carbocycles. The summed E-state index contributed by atoms with van der Waals surface area (Å²) in [7, 11) is 0. The van der Waals surface area contributed by atoms with Crippen molar-refractivity contribution in [3.63, 3.8) is 0 Å². The summed E-state index contributed by atoms with van der Waals surface area (Å²) in [4.78, 5) is 19.4. The Morgan fingerprint density at radius 1 is 1.39 bits per heavy atom. The van der Waals surface area contributed by atoms with Crippen molar-refractivity contribution >= 4 is 22.6 Å². The molecule has 96 valence electrons. The van der Waals surface area contributed by atoms with Gasteiger partial charge in [-0.3, -0.25) is 4.79 Å². The number of aromatic amines is 1. The molecule has 2 rings (SSSR count). The summed E-state index contributed by atoms with van der Waals surface area (Å²) in [5.41, 5.74) is 1.36. The molecule has 0 atom stereocenters. The van der Waals surface area contributed by atoms with Gasteiger partial charge in [-0.05, 0) is 35.6 Å². The number of aromatic nitrogens is 2. The molecule has 0 aliphatic rings. The van der Waals surface area contributed by atoms with Crippen LogP contribution >= 0.6 is 22.6 Å². The van der Waals surface area contributed by atoms with Crippen LogP contribution < -0.4 is 5.56 Å². The molecule has 2 aromatic heterocycles. The zero-order valence-electron chi connectivity index (χ0n) is 10.8. The molecule has 2 heterocycles. The van der Waals surface area contributed by atoms with E-state index in [4.69, 9.17) is 4.42 Å². The molecule has 0 radical (unpaired) electrons. The van der Waals surface area contributed by atoms with Crippen LogP contribution in [0, 0.1) is 10.5 Å². The number of aryl methyl sites for hydroxylation is 1. The van der Waals surface area contributed by atoms with Gasteiger partial charge in [-0.25, -0.2) is 4.98 Å². The van der Waals surface area contributed by atoms with Crippen molar-refractivity contribution in [2.45, 2.75) is 33.1 Å². The lowest BCUT2D eigenvalue weighted by molar-refractivity contribution is 0.534. The largest absolute Gasteiger partial charge is 0.469 e. The highest BCUT2D eigenvalue weighted by Gasteiger charge is 2.22. The number of hydrogen-bond donors (Lipinski definition) is 1. The minimum atomic E-state index is -0.169. The number of hydrogen-bond acceptors (Lipinski definition) is 3. The standard InChI is InChI=1S/C13H15IN2O2/c1-7-8(5-6-18-7)11-15-10(13(2,3)4)9(14)12(17)16-11/h5-6H,1-4H3,(H,15,16,17). The number of nitrogens with one attached hydrogen (secondary N) is 1. The minimum Gasteiger partial charge on any atom is -0.469 e. The third-order valence-electron chi connectivity index (χ3n) is 2.69. The predicted molar refractivity (Wildman–Crippen MR) is 78.7 cm³/mol. The van der Waals surface area contributed by atoms with Crippen LogP contribution in [0.15, 0.2) is 21.5 Å². The molecule has 0 aliphatic heterocycles. The molecule has 0 bridgehead atoms. The average molecular weight is 358 g/mol. The van der Waals surface area contributed by atoms with E-state index >= 15 is 0 Å². The normalized spacial score (nSPS) is 11.8. The fourth-order valence-corrected chi connectivity index (χ4v) is 2.78. The Bertz CT molecular complexity index is 635. The molecule has 0 unspecified atom stereocenters. The third-order valence-corrected chi connectivity index (χ3v) is 3.69. The molecule has 0 fully saturated rings. The molecular weight excluding hydrogens is 343 g/mol. The summed E-state index contributed by atoms with van der Waals surface area (Å²) < 4.78 is 5.89. The van der Waals surface area contributed by atoms with Gasteiger partial charge < -0.3 is 9.40 Å². The quantitative estimate of drug-likeness (QED) is 0.797. The number of nitrogens with zero attached hydrogens (tertiary/aromatic N) is 1. The first-order valence-corrected chi connectivity index (χ1v) is 6.73. The lowest BCUT2D eigenvalue weighted by atomic mass is 9.92. The highest BCUT2D eigenvalue weighted by Crippen LogP contribution is 2.26. The van der Waals surface area contributed by atoms with Gasteiger partial charge in [0, 0.05) is 5.41 Å². The first-order valence-electron chi connectivity index (χ1n) is 5.65. The zero-order chi connectivity index (χ0) is 13.5. The fraction of sp³-hybridized carbons (Fsp3) is 0.385. The summed E-state index contributed by atoms with van der Waals surface area (Å²) in [6.07, 6.45) is 1.60. The first-order chi connectivity index (χ1) is 8.30. The second-order valence-corrected chi connectivity index (χ2v) is 6.30. The second kappa shape index (κ2) is 4.53. The number of rotatable bonds is 1. The zero-order valence-corrected chi connectivity index (χ0v) is 13.0. The maximum Gasteiger partial charge on any atom is 0.264 e. The summed E-state index contributed by atoms with van der Waals surface area (Å²) in [6, 6.07) is 1.81. The van der Waals surface area contributed by atoms with Crippen LogP contribution in [0.25, 0.3) is 11.4 Å². The summed E-state index contributed by atoms with van der Waals surface area (Å²) >= 11 is 2.04. The van der Waals surface area contributed by atoms with Gasteiger partial charge in [0.2, 0.25) is 0 Å². The van der Waals surface area contributed by atoms with Crippen molar-refractivity contribution < 1.29 is 4.42 Å². The molecule has 0 amide bonds. The van der Waals surface area contributed by atoms with E-state index in [1.165, 1.54) is 0 Å². The highest BCUT2D eigenvalue weighted by atomic mass is 127. The van der Waals surface area contributed by atoms with E-state index in [1.54, 1.807) is 6.26 Å². The monoisotopic (exact) mass is 358 g/mol. The van der Waals surface area contributed by atoms with E-state index in [2.05, 4.69) is 9.97 Å². The maximum atomic E-state index is 12.0. The SMILES string of the molecule is Cc1occc1-c1nc(C(C)(C)C)c(I)c(=O)[nH]1. The van der Waals surface area contributed by atoms with E-state index in [-0.39, 0.29) is 11.0 Å². The Morgan fingerprint density at radius 2 is 2.06 bits per heavy atom. The molecular formula is C13H15IN2O2. The van der Waals surface area contributed by atoms with Gasteiger partial charge in [0.25, 0.3) is 5.56 Å². The Morgan fingerprint density at radius 3 is 2.56 bits per heavy atom. The van der Waals surface area contributed by atoms with Crippen LogP contribution in [0.5, 0.6) is 0 Å². The molecule has 0 aliphatic carbocycles. The molecule has 0 saturated heterocycles. The number of halogens is 1. The van der Waals surface area contributed by atoms with E-state index in [0.717, 1.165) is 17.0 Å². The van der Waals surface area contributed by atoms with Crippen molar-refractivity contribution in [1.82, 2.24) is 9.97 Å². The van der Waals surface area contributed by atoms with Gasteiger partial charge in [0.05, 0.1) is 17.5 Å². The topological polar surface area (TPSA) is 58.9 Å². The van der Waals surface area contributed by atoms with E-state index in [9.17, 15) is 4.79 Å². The lowest BCUT2D eigenvalue weighted by Crippen LogP contribution is -2.24. The summed E-state index contributed by atoms with van der Waals surface area (Å²) in [5, 5.41) is 0. The molecule has 2 aromatic rings. The average Bonchev–Trinajstić information content (AvgIpc) is 2.66.